The molecule has 19 heavy (non-hydrogen) atoms. The number of hydrogen-bond acceptors (Lipinski definition) is 1. The quantitative estimate of drug-likeness (QED) is 0.874. The first-order chi connectivity index (χ1) is 9.04. The zero-order valence-electron chi connectivity index (χ0n) is 11.1. The van der Waals surface area contributed by atoms with E-state index in [9.17, 15) is 4.39 Å². The number of rotatable bonds is 4. The summed E-state index contributed by atoms with van der Waals surface area (Å²) in [6.45, 7) is 5.65. The first kappa shape index (κ1) is 14.0. The van der Waals surface area contributed by atoms with Crippen LogP contribution in [0.25, 0.3) is 0 Å². The minimum atomic E-state index is -0.375. The summed E-state index contributed by atoms with van der Waals surface area (Å²) in [6, 6.07) is 11.3. The molecule has 0 heterocycles. The molecule has 3 heteroatoms. The average molecular weight is 278 g/mol. The van der Waals surface area contributed by atoms with Gasteiger partial charge in [-0.15, -0.1) is 0 Å². The smallest absolute Gasteiger partial charge is 0.141 e. The van der Waals surface area contributed by atoms with Gasteiger partial charge in [0.25, 0.3) is 0 Å². The van der Waals surface area contributed by atoms with Crippen LogP contribution in [-0.4, -0.2) is 0 Å². The molecule has 0 aliphatic carbocycles. The van der Waals surface area contributed by atoms with E-state index in [-0.39, 0.29) is 10.8 Å². The molecular weight excluding hydrogens is 261 g/mol. The largest absolute Gasteiger partial charge is 0.309 e. The molecule has 0 fully saturated rings. The van der Waals surface area contributed by atoms with Crippen LogP contribution in [0.2, 0.25) is 5.02 Å². The summed E-state index contributed by atoms with van der Waals surface area (Å²) < 4.78 is 13.0. The van der Waals surface area contributed by atoms with Crippen molar-refractivity contribution in [1.29, 1.82) is 0 Å². The molecule has 0 aliphatic heterocycles. The van der Waals surface area contributed by atoms with Crippen LogP contribution in [0.1, 0.15) is 22.3 Å². The molecular formula is C16H17ClFN. The van der Waals surface area contributed by atoms with Gasteiger partial charge in [-0.25, -0.2) is 4.39 Å². The van der Waals surface area contributed by atoms with Gasteiger partial charge in [0.15, 0.2) is 0 Å². The SMILES string of the molecule is Cc1cc(C)cc(CNCc2ccc(F)c(Cl)c2)c1. The van der Waals surface area contributed by atoms with Crippen LogP contribution in [0.5, 0.6) is 0 Å². The van der Waals surface area contributed by atoms with Crippen LogP contribution >= 0.6 is 11.6 Å². The standard InChI is InChI=1S/C16H17ClFN/c1-11-5-12(2)7-14(6-11)10-19-9-13-3-4-16(18)15(17)8-13/h3-8,19H,9-10H2,1-2H3. The van der Waals surface area contributed by atoms with E-state index in [2.05, 4.69) is 37.4 Å². The number of halogens is 2. The van der Waals surface area contributed by atoms with Crippen molar-refractivity contribution in [3.05, 3.63) is 69.5 Å². The summed E-state index contributed by atoms with van der Waals surface area (Å²) in [4.78, 5) is 0. The molecule has 2 aromatic carbocycles. The molecule has 0 bridgehead atoms. The second kappa shape index (κ2) is 6.18. The Morgan fingerprint density at radius 1 is 0.947 bits per heavy atom. The highest BCUT2D eigenvalue weighted by atomic mass is 35.5. The van der Waals surface area contributed by atoms with Gasteiger partial charge < -0.3 is 5.32 Å². The average Bonchev–Trinajstić information content (AvgIpc) is 2.32. The van der Waals surface area contributed by atoms with Crippen molar-refractivity contribution in [2.24, 2.45) is 0 Å². The summed E-state index contributed by atoms with van der Waals surface area (Å²) >= 11 is 5.75. The lowest BCUT2D eigenvalue weighted by atomic mass is 10.1. The van der Waals surface area contributed by atoms with E-state index in [1.165, 1.54) is 22.8 Å². The Morgan fingerprint density at radius 2 is 1.58 bits per heavy atom. The summed E-state index contributed by atoms with van der Waals surface area (Å²) in [5.74, 6) is -0.375. The minimum Gasteiger partial charge on any atom is -0.309 e. The van der Waals surface area contributed by atoms with Crippen LogP contribution in [0.4, 0.5) is 4.39 Å². The molecule has 0 saturated carbocycles. The third-order valence-electron chi connectivity index (χ3n) is 2.92. The molecule has 0 amide bonds. The maximum Gasteiger partial charge on any atom is 0.141 e. The predicted molar refractivity (Wildman–Crippen MR) is 77.9 cm³/mol. The number of benzene rings is 2. The van der Waals surface area contributed by atoms with Gasteiger partial charge in [-0.05, 0) is 37.1 Å². The Morgan fingerprint density at radius 3 is 2.21 bits per heavy atom. The molecule has 0 saturated heterocycles. The Labute approximate surface area is 118 Å². The molecule has 100 valence electrons. The molecule has 2 rings (SSSR count). The van der Waals surface area contributed by atoms with Crippen LogP contribution in [0.3, 0.4) is 0 Å². The Kier molecular flexibility index (Phi) is 4.56. The van der Waals surface area contributed by atoms with E-state index < -0.39 is 0 Å². The lowest BCUT2D eigenvalue weighted by Crippen LogP contribution is -2.13. The number of hydrogen-bond donors (Lipinski definition) is 1. The zero-order valence-corrected chi connectivity index (χ0v) is 11.9. The van der Waals surface area contributed by atoms with Crippen LogP contribution in [0, 0.1) is 19.7 Å². The summed E-state index contributed by atoms with van der Waals surface area (Å²) in [6.07, 6.45) is 0. The van der Waals surface area contributed by atoms with Crippen molar-refractivity contribution in [3.63, 3.8) is 0 Å². The van der Waals surface area contributed by atoms with Crippen molar-refractivity contribution >= 4 is 11.6 Å². The molecule has 2 aromatic rings. The normalized spacial score (nSPS) is 10.7. The van der Waals surface area contributed by atoms with E-state index in [4.69, 9.17) is 11.6 Å². The molecule has 1 N–H and O–H groups in total. The minimum absolute atomic E-state index is 0.172. The Hall–Kier alpha value is -1.38. The summed E-state index contributed by atoms with van der Waals surface area (Å²) in [7, 11) is 0. The van der Waals surface area contributed by atoms with Gasteiger partial charge in [-0.3, -0.25) is 0 Å². The lowest BCUT2D eigenvalue weighted by molar-refractivity contribution is 0.625. The van der Waals surface area contributed by atoms with Crippen molar-refractivity contribution in [1.82, 2.24) is 5.32 Å². The first-order valence-corrected chi connectivity index (χ1v) is 6.64. The van der Waals surface area contributed by atoms with Crippen LogP contribution in [0.15, 0.2) is 36.4 Å². The highest BCUT2D eigenvalue weighted by Gasteiger charge is 2.01. The molecule has 0 aromatic heterocycles. The van der Waals surface area contributed by atoms with Crippen molar-refractivity contribution < 1.29 is 4.39 Å². The van der Waals surface area contributed by atoms with Crippen LogP contribution < -0.4 is 5.32 Å². The van der Waals surface area contributed by atoms with Gasteiger partial charge in [0, 0.05) is 13.1 Å². The van der Waals surface area contributed by atoms with Crippen molar-refractivity contribution in [2.75, 3.05) is 0 Å². The van der Waals surface area contributed by atoms with Gasteiger partial charge in [0.05, 0.1) is 5.02 Å². The van der Waals surface area contributed by atoms with Gasteiger partial charge in [-0.1, -0.05) is 47.0 Å². The van der Waals surface area contributed by atoms with E-state index in [1.807, 2.05) is 0 Å². The molecule has 0 spiro atoms. The fourth-order valence-electron chi connectivity index (χ4n) is 2.17. The zero-order chi connectivity index (χ0) is 13.8. The van der Waals surface area contributed by atoms with E-state index in [0.29, 0.717) is 6.54 Å². The number of aryl methyl sites for hydroxylation is 2. The monoisotopic (exact) mass is 277 g/mol. The third kappa shape index (κ3) is 4.05. The maximum atomic E-state index is 13.0. The predicted octanol–water partition coefficient (Wildman–Crippen LogP) is 4.39. The van der Waals surface area contributed by atoms with Crippen molar-refractivity contribution in [2.45, 2.75) is 26.9 Å². The van der Waals surface area contributed by atoms with Crippen LogP contribution in [-0.2, 0) is 13.1 Å². The topological polar surface area (TPSA) is 12.0 Å². The molecule has 0 unspecified atom stereocenters. The molecule has 1 nitrogen and oxygen atoms in total. The fourth-order valence-corrected chi connectivity index (χ4v) is 2.37. The maximum absolute atomic E-state index is 13.0. The second-order valence-corrected chi connectivity index (χ2v) is 5.26. The van der Waals surface area contributed by atoms with Gasteiger partial charge in [-0.2, -0.15) is 0 Å². The number of nitrogens with one attached hydrogen (secondary N) is 1. The first-order valence-electron chi connectivity index (χ1n) is 6.26. The lowest BCUT2D eigenvalue weighted by Gasteiger charge is -2.08. The molecule has 0 radical (unpaired) electrons. The van der Waals surface area contributed by atoms with Gasteiger partial charge in [0.1, 0.15) is 5.82 Å². The molecule has 0 aliphatic rings. The summed E-state index contributed by atoms with van der Waals surface area (Å²) in [5, 5.41) is 3.51. The highest BCUT2D eigenvalue weighted by molar-refractivity contribution is 6.30. The van der Waals surface area contributed by atoms with Gasteiger partial charge in [0.2, 0.25) is 0 Å². The highest BCUT2D eigenvalue weighted by Crippen LogP contribution is 2.16. The van der Waals surface area contributed by atoms with E-state index >= 15 is 0 Å². The third-order valence-corrected chi connectivity index (χ3v) is 3.21. The second-order valence-electron chi connectivity index (χ2n) is 4.85. The Balaban J connectivity index is 1.94. The van der Waals surface area contributed by atoms with Crippen molar-refractivity contribution in [3.8, 4) is 0 Å². The van der Waals surface area contributed by atoms with E-state index in [0.717, 1.165) is 12.1 Å². The Bertz CT molecular complexity index is 561. The van der Waals surface area contributed by atoms with Gasteiger partial charge >= 0.3 is 0 Å². The summed E-state index contributed by atoms with van der Waals surface area (Å²) in [5.41, 5.74) is 4.77. The fraction of sp³-hybridized carbons (Fsp3) is 0.250. The van der Waals surface area contributed by atoms with E-state index in [1.54, 1.807) is 12.1 Å². The molecule has 0 atom stereocenters.